The maximum atomic E-state index is 9.92. The van der Waals surface area contributed by atoms with Gasteiger partial charge in [0.1, 0.15) is 11.3 Å². The van der Waals surface area contributed by atoms with E-state index in [1.807, 2.05) is 24.3 Å². The summed E-state index contributed by atoms with van der Waals surface area (Å²) in [5.74, 6) is 0.985. The average molecular weight is 258 g/mol. The van der Waals surface area contributed by atoms with Crippen LogP contribution in [0.4, 0.5) is 0 Å². The maximum Gasteiger partial charge on any atom is 0.144 e. The molecule has 2 unspecified atom stereocenters. The second kappa shape index (κ2) is 4.84. The molecule has 2 aliphatic heterocycles. The van der Waals surface area contributed by atoms with Gasteiger partial charge in [-0.05, 0) is 6.07 Å². The zero-order valence-corrected chi connectivity index (χ0v) is 11.1. The molecule has 1 aromatic carbocycles. The van der Waals surface area contributed by atoms with E-state index in [-0.39, 0.29) is 5.92 Å². The number of nitrogens with zero attached hydrogens (tertiary/aromatic N) is 2. The van der Waals surface area contributed by atoms with E-state index in [1.165, 1.54) is 0 Å². The quantitative estimate of drug-likeness (QED) is 0.770. The minimum Gasteiger partial charge on any atom is -0.493 e. The van der Waals surface area contributed by atoms with Gasteiger partial charge in [-0.15, -0.1) is 0 Å². The van der Waals surface area contributed by atoms with E-state index in [0.29, 0.717) is 19.8 Å². The van der Waals surface area contributed by atoms with Crippen molar-refractivity contribution >= 4 is 0 Å². The molecule has 1 aromatic rings. The summed E-state index contributed by atoms with van der Waals surface area (Å²) in [6, 6.07) is 10.5. The van der Waals surface area contributed by atoms with Crippen molar-refractivity contribution in [1.29, 1.82) is 5.26 Å². The van der Waals surface area contributed by atoms with Crippen LogP contribution in [0.3, 0.4) is 0 Å². The van der Waals surface area contributed by atoms with Gasteiger partial charge >= 0.3 is 0 Å². The Bertz CT molecular complexity index is 505. The number of hydrogen-bond donors (Lipinski definition) is 0. The van der Waals surface area contributed by atoms with E-state index in [9.17, 15) is 5.26 Å². The Labute approximate surface area is 113 Å². The lowest BCUT2D eigenvalue weighted by atomic mass is 9.76. The molecule has 0 radical (unpaired) electrons. The Morgan fingerprint density at radius 1 is 1.32 bits per heavy atom. The van der Waals surface area contributed by atoms with E-state index >= 15 is 0 Å². The van der Waals surface area contributed by atoms with Crippen LogP contribution in [0.1, 0.15) is 12.5 Å². The van der Waals surface area contributed by atoms with Crippen molar-refractivity contribution in [1.82, 2.24) is 4.90 Å². The first-order chi connectivity index (χ1) is 9.29. The molecule has 2 heterocycles. The molecule has 2 aliphatic rings. The first-order valence-electron chi connectivity index (χ1n) is 6.75. The summed E-state index contributed by atoms with van der Waals surface area (Å²) in [4.78, 5) is 2.25. The number of nitriles is 1. The van der Waals surface area contributed by atoms with Crippen molar-refractivity contribution in [2.75, 3.05) is 32.9 Å². The Kier molecular flexibility index (Phi) is 3.17. The number of benzene rings is 1. The predicted octanol–water partition coefficient (Wildman–Crippen LogP) is 1.77. The molecule has 100 valence electrons. The van der Waals surface area contributed by atoms with Crippen molar-refractivity contribution in [2.24, 2.45) is 5.92 Å². The minimum absolute atomic E-state index is 0.144. The van der Waals surface area contributed by atoms with Crippen LogP contribution in [0.15, 0.2) is 24.3 Å². The monoisotopic (exact) mass is 258 g/mol. The highest BCUT2D eigenvalue weighted by atomic mass is 16.5. The summed E-state index contributed by atoms with van der Waals surface area (Å²) in [5, 5.41) is 9.92. The number of ether oxygens (including phenoxy) is 2. The first-order valence-corrected chi connectivity index (χ1v) is 6.75. The molecule has 2 atom stereocenters. The van der Waals surface area contributed by atoms with Gasteiger partial charge in [-0.1, -0.05) is 25.1 Å². The van der Waals surface area contributed by atoms with Crippen LogP contribution in [0.5, 0.6) is 5.75 Å². The number of morpholine rings is 1. The lowest BCUT2D eigenvalue weighted by molar-refractivity contribution is -0.0385. The third kappa shape index (κ3) is 1.81. The zero-order valence-electron chi connectivity index (χ0n) is 11.1. The van der Waals surface area contributed by atoms with Crippen molar-refractivity contribution < 1.29 is 9.47 Å². The normalized spacial score (nSPS) is 31.1. The summed E-state index contributed by atoms with van der Waals surface area (Å²) in [6.07, 6.45) is 0. The fraction of sp³-hybridized carbons (Fsp3) is 0.533. The molecule has 1 saturated heterocycles. The third-order valence-electron chi connectivity index (χ3n) is 4.18. The van der Waals surface area contributed by atoms with Crippen molar-refractivity contribution in [3.63, 3.8) is 0 Å². The summed E-state index contributed by atoms with van der Waals surface area (Å²) in [6.45, 7) is 5.66. The highest BCUT2D eigenvalue weighted by molar-refractivity contribution is 5.45. The van der Waals surface area contributed by atoms with Crippen molar-refractivity contribution in [2.45, 2.75) is 12.5 Å². The lowest BCUT2D eigenvalue weighted by Gasteiger charge is -2.47. The van der Waals surface area contributed by atoms with E-state index in [4.69, 9.17) is 9.47 Å². The lowest BCUT2D eigenvalue weighted by Crippen LogP contribution is -2.56. The van der Waals surface area contributed by atoms with Gasteiger partial charge in [-0.2, -0.15) is 5.26 Å². The standard InChI is InChI=1S/C15H18N2O2/c1-12-10-19-14-5-3-2-4-13(14)15(12,11-16)17-6-8-18-9-7-17/h2-5,12H,6-10H2,1H3. The van der Waals surface area contributed by atoms with Gasteiger partial charge in [0.2, 0.25) is 0 Å². The average Bonchev–Trinajstić information content (AvgIpc) is 2.48. The Balaban J connectivity index is 2.10. The molecule has 0 bridgehead atoms. The van der Waals surface area contributed by atoms with Gasteiger partial charge in [0.15, 0.2) is 0 Å². The molecule has 3 rings (SSSR count). The van der Waals surface area contributed by atoms with E-state index in [0.717, 1.165) is 24.4 Å². The van der Waals surface area contributed by atoms with Crippen LogP contribution >= 0.6 is 0 Å². The van der Waals surface area contributed by atoms with Gasteiger partial charge in [-0.25, -0.2) is 0 Å². The highest BCUT2D eigenvalue weighted by Crippen LogP contribution is 2.44. The molecule has 4 nitrogen and oxygen atoms in total. The molecule has 0 aliphatic carbocycles. The Morgan fingerprint density at radius 2 is 2.05 bits per heavy atom. The minimum atomic E-state index is -0.585. The topological polar surface area (TPSA) is 45.5 Å². The third-order valence-corrected chi connectivity index (χ3v) is 4.18. The number of hydrogen-bond acceptors (Lipinski definition) is 4. The van der Waals surface area contributed by atoms with Crippen LogP contribution in [0.2, 0.25) is 0 Å². The van der Waals surface area contributed by atoms with Crippen LogP contribution in [-0.4, -0.2) is 37.8 Å². The fourth-order valence-corrected chi connectivity index (χ4v) is 3.15. The summed E-state index contributed by atoms with van der Waals surface area (Å²) in [7, 11) is 0. The Morgan fingerprint density at radius 3 is 2.79 bits per heavy atom. The van der Waals surface area contributed by atoms with E-state index in [1.54, 1.807) is 0 Å². The number of fused-ring (bicyclic) bond motifs is 1. The molecular formula is C15H18N2O2. The second-order valence-electron chi connectivity index (χ2n) is 5.19. The molecule has 1 fully saturated rings. The molecule has 0 saturated carbocycles. The molecule has 0 amide bonds. The largest absolute Gasteiger partial charge is 0.493 e. The van der Waals surface area contributed by atoms with Gasteiger partial charge in [0, 0.05) is 24.6 Å². The first kappa shape index (κ1) is 12.5. The molecule has 0 N–H and O–H groups in total. The van der Waals surface area contributed by atoms with Crippen LogP contribution in [0, 0.1) is 17.2 Å². The van der Waals surface area contributed by atoms with Crippen LogP contribution in [-0.2, 0) is 10.3 Å². The van der Waals surface area contributed by atoms with Gasteiger partial charge in [0.05, 0.1) is 25.9 Å². The molecule has 0 spiro atoms. The molecule has 19 heavy (non-hydrogen) atoms. The number of para-hydroxylation sites is 1. The highest BCUT2D eigenvalue weighted by Gasteiger charge is 2.48. The molecular weight excluding hydrogens is 240 g/mol. The second-order valence-corrected chi connectivity index (χ2v) is 5.19. The van der Waals surface area contributed by atoms with Gasteiger partial charge < -0.3 is 9.47 Å². The summed E-state index contributed by atoms with van der Waals surface area (Å²) < 4.78 is 11.2. The Hall–Kier alpha value is -1.57. The SMILES string of the molecule is CC1COc2ccccc2C1(C#N)N1CCOCC1. The smallest absolute Gasteiger partial charge is 0.144 e. The maximum absolute atomic E-state index is 9.92. The number of rotatable bonds is 1. The summed E-state index contributed by atoms with van der Waals surface area (Å²) in [5.41, 5.74) is 0.414. The summed E-state index contributed by atoms with van der Waals surface area (Å²) >= 11 is 0. The predicted molar refractivity (Wildman–Crippen MR) is 70.8 cm³/mol. The van der Waals surface area contributed by atoms with Crippen molar-refractivity contribution in [3.8, 4) is 11.8 Å². The zero-order chi connectivity index (χ0) is 13.3. The van der Waals surface area contributed by atoms with E-state index in [2.05, 4.69) is 17.9 Å². The van der Waals surface area contributed by atoms with Crippen molar-refractivity contribution in [3.05, 3.63) is 29.8 Å². The molecule has 4 heteroatoms. The van der Waals surface area contributed by atoms with E-state index < -0.39 is 5.54 Å². The van der Waals surface area contributed by atoms with Gasteiger partial charge in [-0.3, -0.25) is 4.90 Å². The van der Waals surface area contributed by atoms with Gasteiger partial charge in [0.25, 0.3) is 0 Å². The van der Waals surface area contributed by atoms with Crippen LogP contribution in [0.25, 0.3) is 0 Å². The molecule has 0 aromatic heterocycles. The van der Waals surface area contributed by atoms with Crippen LogP contribution < -0.4 is 4.74 Å². The fourth-order valence-electron chi connectivity index (χ4n) is 3.15.